The molecule has 2 aromatic rings. The molecule has 1 aliphatic carbocycles. The van der Waals surface area contributed by atoms with E-state index in [0.717, 1.165) is 23.4 Å². The number of rotatable bonds is 4. The molecule has 120 valence electrons. The number of halogens is 1. The Morgan fingerprint density at radius 2 is 1.91 bits per heavy atom. The van der Waals surface area contributed by atoms with Gasteiger partial charge < -0.3 is 10.6 Å². The number of benzene rings is 2. The molecule has 0 bridgehead atoms. The lowest BCUT2D eigenvalue weighted by Crippen LogP contribution is -2.32. The second kappa shape index (κ2) is 6.63. The maximum atomic E-state index is 12.4. The first-order chi connectivity index (χ1) is 11.0. The maximum Gasteiger partial charge on any atom is 0.246 e. The summed E-state index contributed by atoms with van der Waals surface area (Å²) in [5.74, 6) is -0.0733. The van der Waals surface area contributed by atoms with Gasteiger partial charge in [-0.2, -0.15) is 0 Å². The third-order valence-corrected chi connectivity index (χ3v) is 4.57. The number of fused-ring (bicyclic) bond motifs is 1. The smallest absolute Gasteiger partial charge is 0.246 e. The van der Waals surface area contributed by atoms with Crippen molar-refractivity contribution in [3.8, 4) is 0 Å². The molecule has 3 nitrogen and oxygen atoms in total. The second-order valence-electron chi connectivity index (χ2n) is 6.15. The van der Waals surface area contributed by atoms with Crippen molar-refractivity contribution >= 4 is 28.9 Å². The number of hydrogen-bond acceptors (Lipinski definition) is 2. The Morgan fingerprint density at radius 3 is 2.74 bits per heavy atom. The monoisotopic (exact) mass is 328 g/mol. The van der Waals surface area contributed by atoms with Crippen LogP contribution < -0.4 is 10.6 Å². The third-order valence-electron chi connectivity index (χ3n) is 4.33. The quantitative estimate of drug-likeness (QED) is 0.862. The summed E-state index contributed by atoms with van der Waals surface area (Å²) < 4.78 is 0. The van der Waals surface area contributed by atoms with Crippen LogP contribution in [0, 0.1) is 6.92 Å². The average molecular weight is 329 g/mol. The largest absolute Gasteiger partial charge is 0.374 e. The molecule has 0 unspecified atom stereocenters. The Bertz CT molecular complexity index is 742. The zero-order valence-corrected chi connectivity index (χ0v) is 14.2. The first kappa shape index (κ1) is 15.9. The van der Waals surface area contributed by atoms with Crippen molar-refractivity contribution in [2.45, 2.75) is 39.2 Å². The van der Waals surface area contributed by atoms with Gasteiger partial charge in [-0.25, -0.2) is 0 Å². The van der Waals surface area contributed by atoms with Gasteiger partial charge in [0, 0.05) is 16.4 Å². The molecule has 0 aliphatic heterocycles. The zero-order valence-electron chi connectivity index (χ0n) is 13.4. The summed E-state index contributed by atoms with van der Waals surface area (Å²) in [6, 6.07) is 11.5. The lowest BCUT2D eigenvalue weighted by atomic mass is 10.1. The highest BCUT2D eigenvalue weighted by atomic mass is 35.5. The molecule has 2 N–H and O–H groups in total. The molecule has 0 radical (unpaired) electrons. The van der Waals surface area contributed by atoms with E-state index in [9.17, 15) is 4.79 Å². The van der Waals surface area contributed by atoms with Crippen LogP contribution in [0.5, 0.6) is 0 Å². The highest BCUT2D eigenvalue weighted by Crippen LogP contribution is 2.25. The van der Waals surface area contributed by atoms with E-state index < -0.39 is 0 Å². The van der Waals surface area contributed by atoms with Crippen LogP contribution in [0.4, 0.5) is 11.4 Å². The Morgan fingerprint density at radius 1 is 1.13 bits per heavy atom. The number of hydrogen-bond donors (Lipinski definition) is 2. The molecular weight excluding hydrogens is 308 g/mol. The first-order valence-corrected chi connectivity index (χ1v) is 8.36. The molecule has 3 rings (SSSR count). The minimum atomic E-state index is -0.326. The molecule has 0 fully saturated rings. The van der Waals surface area contributed by atoms with Gasteiger partial charge in [-0.05, 0) is 74.1 Å². The van der Waals surface area contributed by atoms with Crippen LogP contribution in [0.25, 0.3) is 0 Å². The van der Waals surface area contributed by atoms with Crippen LogP contribution in [0.15, 0.2) is 36.4 Å². The van der Waals surface area contributed by atoms with Gasteiger partial charge in [0.05, 0.1) is 0 Å². The van der Waals surface area contributed by atoms with Crippen LogP contribution >= 0.6 is 11.6 Å². The van der Waals surface area contributed by atoms with Crippen LogP contribution in [-0.4, -0.2) is 11.9 Å². The molecule has 1 aliphatic rings. The molecule has 23 heavy (non-hydrogen) atoms. The van der Waals surface area contributed by atoms with Gasteiger partial charge in [0.1, 0.15) is 6.04 Å². The molecular formula is C19H21ClN2O. The van der Waals surface area contributed by atoms with E-state index in [0.29, 0.717) is 5.02 Å². The maximum absolute atomic E-state index is 12.4. The summed E-state index contributed by atoms with van der Waals surface area (Å²) in [6.45, 7) is 3.81. The minimum Gasteiger partial charge on any atom is -0.374 e. The summed E-state index contributed by atoms with van der Waals surface area (Å²) in [6.07, 6.45) is 3.52. The fraction of sp³-hybridized carbons (Fsp3) is 0.316. The topological polar surface area (TPSA) is 41.1 Å². The fourth-order valence-corrected chi connectivity index (χ4v) is 3.12. The van der Waals surface area contributed by atoms with E-state index in [1.54, 1.807) is 6.07 Å². The highest BCUT2D eigenvalue weighted by Gasteiger charge is 2.16. The van der Waals surface area contributed by atoms with E-state index in [-0.39, 0.29) is 11.9 Å². The first-order valence-electron chi connectivity index (χ1n) is 7.98. The predicted octanol–water partition coefficient (Wildman–Crippen LogP) is 4.58. The van der Waals surface area contributed by atoms with Crippen LogP contribution in [0.2, 0.25) is 5.02 Å². The molecule has 1 atom stereocenters. The molecule has 2 aromatic carbocycles. The van der Waals surface area contributed by atoms with Gasteiger partial charge in [0.2, 0.25) is 5.91 Å². The number of nitrogens with one attached hydrogen (secondary N) is 2. The summed E-state index contributed by atoms with van der Waals surface area (Å²) in [4.78, 5) is 12.4. The summed E-state index contributed by atoms with van der Waals surface area (Å²) >= 11 is 6.00. The van der Waals surface area contributed by atoms with Crippen molar-refractivity contribution in [1.82, 2.24) is 0 Å². The summed E-state index contributed by atoms with van der Waals surface area (Å²) in [7, 11) is 0. The Hall–Kier alpha value is -2.00. The van der Waals surface area contributed by atoms with Crippen molar-refractivity contribution in [2.75, 3.05) is 10.6 Å². The lowest BCUT2D eigenvalue weighted by molar-refractivity contribution is -0.116. The molecule has 0 heterocycles. The molecule has 0 saturated carbocycles. The highest BCUT2D eigenvalue weighted by molar-refractivity contribution is 6.31. The molecule has 4 heteroatoms. The Kier molecular flexibility index (Phi) is 4.58. The summed E-state index contributed by atoms with van der Waals surface area (Å²) in [5.41, 5.74) is 5.57. The Balaban J connectivity index is 1.67. The fourth-order valence-electron chi connectivity index (χ4n) is 2.95. The number of aryl methyl sites for hydroxylation is 3. The van der Waals surface area contributed by atoms with Crippen LogP contribution in [0.3, 0.4) is 0 Å². The van der Waals surface area contributed by atoms with Crippen molar-refractivity contribution in [2.24, 2.45) is 0 Å². The van der Waals surface area contributed by atoms with E-state index in [2.05, 4.69) is 28.8 Å². The number of amides is 1. The standard InChI is InChI=1S/C19H21ClN2O/c1-12-6-8-16(20)11-18(12)22-19(23)13(2)21-17-9-7-14-4-3-5-15(14)10-17/h6-11,13,21H,3-5H2,1-2H3,(H,22,23)/t13-/m1/s1. The van der Waals surface area contributed by atoms with Gasteiger partial charge in [0.15, 0.2) is 0 Å². The zero-order chi connectivity index (χ0) is 16.4. The number of carbonyl (C=O) groups excluding carboxylic acids is 1. The normalized spacial score (nSPS) is 14.2. The van der Waals surface area contributed by atoms with Crippen molar-refractivity contribution in [1.29, 1.82) is 0 Å². The molecule has 0 saturated heterocycles. The van der Waals surface area contributed by atoms with Gasteiger partial charge in [0.25, 0.3) is 0 Å². The van der Waals surface area contributed by atoms with Crippen LogP contribution in [-0.2, 0) is 17.6 Å². The molecule has 0 spiro atoms. The minimum absolute atomic E-state index is 0.0733. The predicted molar refractivity (Wildman–Crippen MR) is 96.4 cm³/mol. The third kappa shape index (κ3) is 3.67. The lowest BCUT2D eigenvalue weighted by Gasteiger charge is -2.17. The van der Waals surface area contributed by atoms with Gasteiger partial charge >= 0.3 is 0 Å². The molecule has 1 amide bonds. The second-order valence-corrected chi connectivity index (χ2v) is 6.59. The van der Waals surface area contributed by atoms with Gasteiger partial charge in [-0.1, -0.05) is 23.7 Å². The van der Waals surface area contributed by atoms with E-state index >= 15 is 0 Å². The SMILES string of the molecule is Cc1ccc(Cl)cc1NC(=O)[C@@H](C)Nc1ccc2c(c1)CCC2. The van der Waals surface area contributed by atoms with Crippen molar-refractivity contribution < 1.29 is 4.79 Å². The van der Waals surface area contributed by atoms with E-state index in [4.69, 9.17) is 11.6 Å². The van der Waals surface area contributed by atoms with Crippen molar-refractivity contribution in [3.63, 3.8) is 0 Å². The average Bonchev–Trinajstić information content (AvgIpc) is 2.98. The molecule has 0 aromatic heterocycles. The van der Waals surface area contributed by atoms with Crippen LogP contribution in [0.1, 0.15) is 30.0 Å². The van der Waals surface area contributed by atoms with Gasteiger partial charge in [-0.3, -0.25) is 4.79 Å². The van der Waals surface area contributed by atoms with Gasteiger partial charge in [-0.15, -0.1) is 0 Å². The number of anilines is 2. The van der Waals surface area contributed by atoms with E-state index in [1.165, 1.54) is 24.0 Å². The van der Waals surface area contributed by atoms with E-state index in [1.807, 2.05) is 26.0 Å². The summed E-state index contributed by atoms with van der Waals surface area (Å²) in [5, 5.41) is 6.83. The Labute approximate surface area is 142 Å². The number of carbonyl (C=O) groups is 1. The van der Waals surface area contributed by atoms with Crippen molar-refractivity contribution in [3.05, 3.63) is 58.1 Å².